The van der Waals surface area contributed by atoms with Gasteiger partial charge in [-0.25, -0.2) is 4.98 Å². The fourth-order valence-electron chi connectivity index (χ4n) is 3.12. The number of fused-ring (bicyclic) bond motifs is 1. The van der Waals surface area contributed by atoms with Crippen LogP contribution >= 0.6 is 0 Å². The van der Waals surface area contributed by atoms with Gasteiger partial charge >= 0.3 is 0 Å². The minimum Gasteiger partial charge on any atom is -0.497 e. The van der Waals surface area contributed by atoms with E-state index >= 15 is 0 Å². The van der Waals surface area contributed by atoms with Crippen LogP contribution in [0.5, 0.6) is 5.75 Å². The van der Waals surface area contributed by atoms with Crippen LogP contribution in [0.3, 0.4) is 0 Å². The molecule has 1 aromatic heterocycles. The third-order valence-corrected chi connectivity index (χ3v) is 4.45. The second-order valence-electron chi connectivity index (χ2n) is 5.73. The lowest BCUT2D eigenvalue weighted by Crippen LogP contribution is -2.35. The Morgan fingerprint density at radius 3 is 2.57 bits per heavy atom. The molecule has 4 heteroatoms. The smallest absolute Gasteiger partial charge is 0.134 e. The number of hydrogen-bond acceptors (Lipinski definition) is 4. The van der Waals surface area contributed by atoms with Crippen molar-refractivity contribution >= 4 is 16.6 Å². The molecule has 1 heterocycles. The van der Waals surface area contributed by atoms with Crippen molar-refractivity contribution in [2.75, 3.05) is 19.5 Å². The summed E-state index contributed by atoms with van der Waals surface area (Å²) in [5.41, 5.74) is 0. The summed E-state index contributed by atoms with van der Waals surface area (Å²) in [6.07, 6.45) is 6.71. The zero-order chi connectivity index (χ0) is 14.7. The molecule has 0 saturated heterocycles. The second kappa shape index (κ2) is 6.31. The Hall–Kier alpha value is -1.81. The first kappa shape index (κ1) is 14.1. The molecule has 2 N–H and O–H groups in total. The maximum atomic E-state index is 5.29. The number of pyridine rings is 1. The van der Waals surface area contributed by atoms with Crippen LogP contribution in [0.25, 0.3) is 10.8 Å². The Morgan fingerprint density at radius 1 is 1.10 bits per heavy atom. The molecule has 0 aliphatic heterocycles. The van der Waals surface area contributed by atoms with Crippen molar-refractivity contribution in [3.05, 3.63) is 30.5 Å². The molecular weight excluding hydrogens is 262 g/mol. The number of rotatable bonds is 4. The average Bonchev–Trinajstić information content (AvgIpc) is 2.55. The number of anilines is 1. The molecule has 1 aliphatic carbocycles. The van der Waals surface area contributed by atoms with Crippen molar-refractivity contribution in [1.82, 2.24) is 10.3 Å². The number of methoxy groups -OCH3 is 1. The molecule has 3 rings (SSSR count). The van der Waals surface area contributed by atoms with Gasteiger partial charge in [0.25, 0.3) is 0 Å². The van der Waals surface area contributed by atoms with E-state index in [1.165, 1.54) is 25.7 Å². The zero-order valence-electron chi connectivity index (χ0n) is 12.7. The largest absolute Gasteiger partial charge is 0.497 e. The minimum atomic E-state index is 0.523. The molecule has 0 unspecified atom stereocenters. The lowest BCUT2D eigenvalue weighted by Gasteiger charge is -2.29. The van der Waals surface area contributed by atoms with Crippen molar-refractivity contribution in [3.8, 4) is 5.75 Å². The third kappa shape index (κ3) is 3.10. The first-order valence-electron chi connectivity index (χ1n) is 7.66. The normalized spacial score (nSPS) is 22.2. The number of nitrogens with one attached hydrogen (secondary N) is 2. The van der Waals surface area contributed by atoms with Gasteiger partial charge in [-0.3, -0.25) is 0 Å². The van der Waals surface area contributed by atoms with Gasteiger partial charge in [-0.05, 0) is 62.4 Å². The van der Waals surface area contributed by atoms with Gasteiger partial charge in [0.1, 0.15) is 11.6 Å². The van der Waals surface area contributed by atoms with Gasteiger partial charge in [0.05, 0.1) is 7.11 Å². The lowest BCUT2D eigenvalue weighted by atomic mass is 9.91. The van der Waals surface area contributed by atoms with Crippen LogP contribution in [-0.2, 0) is 0 Å². The van der Waals surface area contributed by atoms with E-state index in [-0.39, 0.29) is 0 Å². The quantitative estimate of drug-likeness (QED) is 0.905. The van der Waals surface area contributed by atoms with Crippen molar-refractivity contribution in [1.29, 1.82) is 0 Å². The number of nitrogens with zero attached hydrogens (tertiary/aromatic N) is 1. The second-order valence-corrected chi connectivity index (χ2v) is 5.73. The van der Waals surface area contributed by atoms with Gasteiger partial charge in [0, 0.05) is 23.7 Å². The molecule has 0 bridgehead atoms. The Labute approximate surface area is 125 Å². The monoisotopic (exact) mass is 285 g/mol. The summed E-state index contributed by atoms with van der Waals surface area (Å²) in [7, 11) is 3.75. The van der Waals surface area contributed by atoms with Crippen molar-refractivity contribution in [3.63, 3.8) is 0 Å². The van der Waals surface area contributed by atoms with E-state index in [1.54, 1.807) is 7.11 Å². The third-order valence-electron chi connectivity index (χ3n) is 4.45. The van der Waals surface area contributed by atoms with Crippen molar-refractivity contribution in [2.24, 2.45) is 0 Å². The molecule has 0 spiro atoms. The van der Waals surface area contributed by atoms with Crippen molar-refractivity contribution < 1.29 is 4.74 Å². The Bertz CT molecular complexity index is 606. The van der Waals surface area contributed by atoms with E-state index < -0.39 is 0 Å². The molecule has 1 aromatic carbocycles. The van der Waals surface area contributed by atoms with Crippen LogP contribution in [0.15, 0.2) is 30.5 Å². The van der Waals surface area contributed by atoms with Crippen LogP contribution in [-0.4, -0.2) is 31.2 Å². The Balaban J connectivity index is 1.78. The number of ether oxygens (including phenoxy) is 1. The first-order chi connectivity index (χ1) is 10.3. The minimum absolute atomic E-state index is 0.523. The fraction of sp³-hybridized carbons (Fsp3) is 0.471. The van der Waals surface area contributed by atoms with Gasteiger partial charge in [0.2, 0.25) is 0 Å². The van der Waals surface area contributed by atoms with E-state index in [1.807, 2.05) is 18.3 Å². The van der Waals surface area contributed by atoms with Crippen LogP contribution < -0.4 is 15.4 Å². The fourth-order valence-corrected chi connectivity index (χ4v) is 3.12. The van der Waals surface area contributed by atoms with Gasteiger partial charge in [-0.2, -0.15) is 0 Å². The highest BCUT2D eigenvalue weighted by Crippen LogP contribution is 2.28. The molecule has 0 atom stereocenters. The lowest BCUT2D eigenvalue weighted by molar-refractivity contribution is 0.371. The first-order valence-corrected chi connectivity index (χ1v) is 7.66. The van der Waals surface area contributed by atoms with E-state index in [4.69, 9.17) is 4.74 Å². The molecule has 1 fully saturated rings. The van der Waals surface area contributed by atoms with E-state index in [2.05, 4.69) is 34.8 Å². The number of aromatic nitrogens is 1. The molecular formula is C17H23N3O. The maximum absolute atomic E-state index is 5.29. The van der Waals surface area contributed by atoms with Crippen LogP contribution in [0.1, 0.15) is 25.7 Å². The van der Waals surface area contributed by atoms with Crippen LogP contribution in [0, 0.1) is 0 Å². The highest BCUT2D eigenvalue weighted by atomic mass is 16.5. The predicted octanol–water partition coefficient (Wildman–Crippen LogP) is 3.19. The molecule has 21 heavy (non-hydrogen) atoms. The molecule has 1 aliphatic rings. The van der Waals surface area contributed by atoms with Gasteiger partial charge in [0.15, 0.2) is 0 Å². The zero-order valence-corrected chi connectivity index (χ0v) is 12.7. The van der Waals surface area contributed by atoms with Crippen LogP contribution in [0.4, 0.5) is 5.82 Å². The predicted molar refractivity (Wildman–Crippen MR) is 87.0 cm³/mol. The Morgan fingerprint density at radius 2 is 1.86 bits per heavy atom. The van der Waals surface area contributed by atoms with Crippen LogP contribution in [0.2, 0.25) is 0 Å². The molecule has 1 saturated carbocycles. The molecule has 4 nitrogen and oxygen atoms in total. The summed E-state index contributed by atoms with van der Waals surface area (Å²) >= 11 is 0. The van der Waals surface area contributed by atoms with E-state index in [9.17, 15) is 0 Å². The maximum Gasteiger partial charge on any atom is 0.134 e. The van der Waals surface area contributed by atoms with E-state index in [0.29, 0.717) is 12.1 Å². The average molecular weight is 285 g/mol. The van der Waals surface area contributed by atoms with Gasteiger partial charge in [-0.15, -0.1) is 0 Å². The number of benzene rings is 1. The summed E-state index contributed by atoms with van der Waals surface area (Å²) < 4.78 is 5.29. The molecule has 0 amide bonds. The summed E-state index contributed by atoms with van der Waals surface area (Å²) in [5, 5.41) is 9.32. The summed E-state index contributed by atoms with van der Waals surface area (Å²) in [6.45, 7) is 0. The summed E-state index contributed by atoms with van der Waals surface area (Å²) in [5.74, 6) is 1.87. The highest BCUT2D eigenvalue weighted by Gasteiger charge is 2.20. The topological polar surface area (TPSA) is 46.2 Å². The molecule has 0 radical (unpaired) electrons. The van der Waals surface area contributed by atoms with Gasteiger partial charge in [-0.1, -0.05) is 0 Å². The Kier molecular flexibility index (Phi) is 4.25. The summed E-state index contributed by atoms with van der Waals surface area (Å²) in [6, 6.07) is 9.36. The molecule has 2 aromatic rings. The standard InChI is InChI=1S/C17H23N3O/c1-18-13-3-5-14(6-4-13)20-17-16-8-7-15(21-2)11-12(16)9-10-19-17/h7-11,13-14,18H,3-6H2,1-2H3,(H,19,20). The van der Waals surface area contributed by atoms with Crippen molar-refractivity contribution in [2.45, 2.75) is 37.8 Å². The SMILES string of the molecule is CNC1CCC(Nc2nccc3cc(OC)ccc23)CC1. The van der Waals surface area contributed by atoms with Gasteiger partial charge < -0.3 is 15.4 Å². The highest BCUT2D eigenvalue weighted by molar-refractivity contribution is 5.92. The molecule has 112 valence electrons. The number of hydrogen-bond donors (Lipinski definition) is 2. The van der Waals surface area contributed by atoms with E-state index in [0.717, 1.165) is 22.3 Å². The summed E-state index contributed by atoms with van der Waals surface area (Å²) in [4.78, 5) is 4.53.